The summed E-state index contributed by atoms with van der Waals surface area (Å²) in [4.78, 5) is 29.1. The van der Waals surface area contributed by atoms with Gasteiger partial charge in [-0.25, -0.2) is 4.98 Å². The first kappa shape index (κ1) is 18.8. The van der Waals surface area contributed by atoms with Crippen molar-refractivity contribution in [3.8, 4) is 11.5 Å². The molecular formula is C21H17N3O4S. The van der Waals surface area contributed by atoms with Crippen molar-refractivity contribution < 1.29 is 19.1 Å². The predicted molar refractivity (Wildman–Crippen MR) is 109 cm³/mol. The number of aryl methyl sites for hydroxylation is 1. The molecule has 7 nitrogen and oxygen atoms in total. The Labute approximate surface area is 171 Å². The van der Waals surface area contributed by atoms with Crippen LogP contribution in [0.2, 0.25) is 0 Å². The fourth-order valence-corrected chi connectivity index (χ4v) is 3.51. The van der Waals surface area contributed by atoms with Crippen LogP contribution in [0.25, 0.3) is 0 Å². The number of hydrazone groups is 1. The molecule has 1 aliphatic rings. The zero-order valence-electron chi connectivity index (χ0n) is 15.8. The Hall–Kier alpha value is -3.52. The van der Waals surface area contributed by atoms with Crippen LogP contribution in [0.1, 0.15) is 37.0 Å². The van der Waals surface area contributed by atoms with E-state index in [1.165, 1.54) is 6.21 Å². The smallest absolute Gasteiger partial charge is 0.282 e. The van der Waals surface area contributed by atoms with Crippen molar-refractivity contribution in [3.63, 3.8) is 0 Å². The predicted octanol–water partition coefficient (Wildman–Crippen LogP) is 3.67. The monoisotopic (exact) mass is 407 g/mol. The zero-order chi connectivity index (χ0) is 20.4. The van der Waals surface area contributed by atoms with Gasteiger partial charge in [0.2, 0.25) is 0 Å². The van der Waals surface area contributed by atoms with Gasteiger partial charge in [0.15, 0.2) is 11.5 Å². The van der Waals surface area contributed by atoms with Gasteiger partial charge in [0.05, 0.1) is 35.2 Å². The van der Waals surface area contributed by atoms with Gasteiger partial charge in [-0.2, -0.15) is 10.1 Å². The molecule has 0 saturated carbocycles. The lowest BCUT2D eigenvalue weighted by Gasteiger charge is -2.11. The van der Waals surface area contributed by atoms with Crippen LogP contribution in [0, 0.1) is 6.92 Å². The Balaban J connectivity index is 1.49. The number of ether oxygens (including phenoxy) is 2. The minimum Gasteiger partial charge on any atom is -0.493 e. The molecule has 4 rings (SSSR count). The van der Waals surface area contributed by atoms with E-state index in [4.69, 9.17) is 9.47 Å². The molecular weight excluding hydrogens is 390 g/mol. The molecule has 0 fully saturated rings. The van der Waals surface area contributed by atoms with Gasteiger partial charge in [-0.05, 0) is 42.8 Å². The van der Waals surface area contributed by atoms with Gasteiger partial charge >= 0.3 is 0 Å². The first-order chi connectivity index (χ1) is 14.1. The van der Waals surface area contributed by atoms with E-state index in [-0.39, 0.29) is 0 Å². The summed E-state index contributed by atoms with van der Waals surface area (Å²) < 4.78 is 11.2. The van der Waals surface area contributed by atoms with E-state index in [9.17, 15) is 9.59 Å². The fourth-order valence-electron chi connectivity index (χ4n) is 2.92. The van der Waals surface area contributed by atoms with E-state index < -0.39 is 11.8 Å². The number of carbonyl (C=O) groups excluding carboxylic acids is 2. The molecule has 3 aromatic rings. The third-order valence-corrected chi connectivity index (χ3v) is 5.15. The van der Waals surface area contributed by atoms with Crippen LogP contribution in [0.3, 0.4) is 0 Å². The lowest BCUT2D eigenvalue weighted by molar-refractivity contribution is 0.0660. The quantitative estimate of drug-likeness (QED) is 0.460. The molecule has 0 bridgehead atoms. The lowest BCUT2D eigenvalue weighted by atomic mass is 10.1. The molecule has 146 valence electrons. The maximum Gasteiger partial charge on any atom is 0.282 e. The average molecular weight is 407 g/mol. The van der Waals surface area contributed by atoms with Crippen LogP contribution >= 0.6 is 11.3 Å². The Morgan fingerprint density at radius 3 is 2.45 bits per heavy atom. The van der Waals surface area contributed by atoms with E-state index in [0.717, 1.165) is 15.7 Å². The number of thiazole rings is 1. The average Bonchev–Trinajstić information content (AvgIpc) is 3.26. The number of hydrogen-bond acceptors (Lipinski definition) is 7. The summed E-state index contributed by atoms with van der Waals surface area (Å²) in [5.41, 5.74) is 2.22. The SMILES string of the molecule is COc1cc(/C=N\N2C(=O)c3ccccc3C2=O)ccc1OCc1csc(C)n1. The van der Waals surface area contributed by atoms with Crippen molar-refractivity contribution in [1.82, 2.24) is 9.99 Å². The normalized spacial score (nSPS) is 13.2. The summed E-state index contributed by atoms with van der Waals surface area (Å²) in [6, 6.07) is 11.9. The molecule has 1 aliphatic heterocycles. The topological polar surface area (TPSA) is 81.1 Å². The van der Waals surface area contributed by atoms with Crippen molar-refractivity contribution >= 4 is 29.4 Å². The highest BCUT2D eigenvalue weighted by atomic mass is 32.1. The Morgan fingerprint density at radius 1 is 1.10 bits per heavy atom. The summed E-state index contributed by atoms with van der Waals surface area (Å²) in [5.74, 6) is 0.207. The molecule has 0 spiro atoms. The van der Waals surface area contributed by atoms with Gasteiger partial charge in [-0.15, -0.1) is 11.3 Å². The number of nitrogens with zero attached hydrogens (tertiary/aromatic N) is 3. The standard InChI is InChI=1S/C21H17N3O4S/c1-13-23-15(12-29-13)11-28-18-8-7-14(9-19(18)27-2)10-22-24-20(25)16-5-3-4-6-17(16)21(24)26/h3-10,12H,11H2,1-2H3/b22-10-. The Kier molecular flexibility index (Phi) is 5.09. The van der Waals surface area contributed by atoms with E-state index in [1.54, 1.807) is 60.9 Å². The van der Waals surface area contributed by atoms with E-state index in [0.29, 0.717) is 34.8 Å². The van der Waals surface area contributed by atoms with Crippen LogP contribution in [-0.2, 0) is 6.61 Å². The first-order valence-corrected chi connectivity index (χ1v) is 9.68. The van der Waals surface area contributed by atoms with Gasteiger partial charge in [-0.3, -0.25) is 9.59 Å². The number of benzene rings is 2. The number of carbonyl (C=O) groups is 2. The van der Waals surface area contributed by atoms with Crippen molar-refractivity contribution in [2.75, 3.05) is 7.11 Å². The van der Waals surface area contributed by atoms with Gasteiger partial charge < -0.3 is 9.47 Å². The van der Waals surface area contributed by atoms with Crippen LogP contribution in [-0.4, -0.2) is 35.1 Å². The zero-order valence-corrected chi connectivity index (χ0v) is 16.6. The highest BCUT2D eigenvalue weighted by molar-refractivity contribution is 7.09. The van der Waals surface area contributed by atoms with E-state index >= 15 is 0 Å². The number of fused-ring (bicyclic) bond motifs is 1. The third-order valence-electron chi connectivity index (χ3n) is 4.32. The third kappa shape index (κ3) is 3.74. The van der Waals surface area contributed by atoms with E-state index in [1.807, 2.05) is 12.3 Å². The van der Waals surface area contributed by atoms with Crippen LogP contribution < -0.4 is 9.47 Å². The molecule has 1 aromatic heterocycles. The molecule has 0 N–H and O–H groups in total. The fraction of sp³-hybridized carbons (Fsp3) is 0.143. The molecule has 29 heavy (non-hydrogen) atoms. The summed E-state index contributed by atoms with van der Waals surface area (Å²) in [6.07, 6.45) is 1.44. The Bertz CT molecular complexity index is 1090. The molecule has 2 amide bonds. The molecule has 0 aliphatic carbocycles. The summed E-state index contributed by atoms with van der Waals surface area (Å²) in [6.45, 7) is 2.28. The van der Waals surface area contributed by atoms with Crippen molar-refractivity contribution in [1.29, 1.82) is 0 Å². The van der Waals surface area contributed by atoms with Gasteiger partial charge in [-0.1, -0.05) is 12.1 Å². The number of rotatable bonds is 6. The molecule has 2 heterocycles. The van der Waals surface area contributed by atoms with Gasteiger partial charge in [0.25, 0.3) is 11.8 Å². The second-order valence-corrected chi connectivity index (χ2v) is 7.33. The minimum atomic E-state index is -0.438. The molecule has 2 aromatic carbocycles. The minimum absolute atomic E-state index is 0.336. The number of aromatic nitrogens is 1. The summed E-state index contributed by atoms with van der Waals surface area (Å²) in [7, 11) is 1.54. The van der Waals surface area contributed by atoms with Crippen molar-refractivity contribution in [3.05, 3.63) is 75.2 Å². The first-order valence-electron chi connectivity index (χ1n) is 8.80. The van der Waals surface area contributed by atoms with Crippen molar-refractivity contribution in [2.24, 2.45) is 5.10 Å². The second-order valence-electron chi connectivity index (χ2n) is 6.27. The maximum absolute atomic E-state index is 12.4. The number of methoxy groups -OCH3 is 1. The number of hydrogen-bond donors (Lipinski definition) is 0. The summed E-state index contributed by atoms with van der Waals surface area (Å²) >= 11 is 1.57. The molecule has 8 heteroatoms. The molecule has 0 saturated heterocycles. The van der Waals surface area contributed by atoms with Crippen LogP contribution in [0.4, 0.5) is 0 Å². The highest BCUT2D eigenvalue weighted by Gasteiger charge is 2.35. The molecule has 0 radical (unpaired) electrons. The van der Waals surface area contributed by atoms with Crippen molar-refractivity contribution in [2.45, 2.75) is 13.5 Å². The molecule has 0 atom stereocenters. The second kappa shape index (κ2) is 7.84. The van der Waals surface area contributed by atoms with Gasteiger partial charge in [0.1, 0.15) is 6.61 Å². The lowest BCUT2D eigenvalue weighted by Crippen LogP contribution is -2.23. The van der Waals surface area contributed by atoms with E-state index in [2.05, 4.69) is 10.1 Å². The highest BCUT2D eigenvalue weighted by Crippen LogP contribution is 2.29. The number of imide groups is 1. The molecule has 0 unspecified atom stereocenters. The Morgan fingerprint density at radius 2 is 1.83 bits per heavy atom. The summed E-state index contributed by atoms with van der Waals surface area (Å²) in [5, 5.41) is 7.87. The largest absolute Gasteiger partial charge is 0.493 e. The number of amides is 2. The van der Waals surface area contributed by atoms with Crippen LogP contribution in [0.15, 0.2) is 52.9 Å². The van der Waals surface area contributed by atoms with Crippen LogP contribution in [0.5, 0.6) is 11.5 Å². The maximum atomic E-state index is 12.4. The van der Waals surface area contributed by atoms with Gasteiger partial charge in [0, 0.05) is 5.38 Å².